The smallest absolute Gasteiger partial charge is 0.407 e. The van der Waals surface area contributed by atoms with E-state index in [1.54, 1.807) is 0 Å². The van der Waals surface area contributed by atoms with Crippen LogP contribution in [0.15, 0.2) is 48.5 Å². The summed E-state index contributed by atoms with van der Waals surface area (Å²) in [6.45, 7) is 0.0276. The van der Waals surface area contributed by atoms with Crippen molar-refractivity contribution < 1.29 is 70.5 Å². The zero-order valence-electron chi connectivity index (χ0n) is 22.4. The highest BCUT2D eigenvalue weighted by molar-refractivity contribution is 7.81. The summed E-state index contributed by atoms with van der Waals surface area (Å²) < 4.78 is 119. The van der Waals surface area contributed by atoms with Crippen molar-refractivity contribution in [2.24, 2.45) is 5.92 Å². The van der Waals surface area contributed by atoms with Gasteiger partial charge in [0, 0.05) is 11.8 Å². The molecule has 0 radical (unpaired) electrons. The number of amides is 2. The van der Waals surface area contributed by atoms with Crippen molar-refractivity contribution in [1.82, 2.24) is 10.6 Å². The molecule has 2 amide bonds. The van der Waals surface area contributed by atoms with Crippen LogP contribution in [-0.4, -0.2) is 88.8 Å². The van der Waals surface area contributed by atoms with E-state index in [1.807, 2.05) is 53.8 Å². The van der Waals surface area contributed by atoms with Gasteiger partial charge in [0.2, 0.25) is 5.91 Å². The average Bonchev–Trinajstić information content (AvgIpc) is 3.22. The van der Waals surface area contributed by atoms with Crippen molar-refractivity contribution in [2.75, 3.05) is 13.2 Å². The van der Waals surface area contributed by atoms with Crippen LogP contribution >= 0.6 is 0 Å². The summed E-state index contributed by atoms with van der Waals surface area (Å²) in [5.74, 6) is -3.10. The minimum absolute atomic E-state index is 0.0985. The number of carbonyl (C=O) groups excluding carboxylic acids is 2. The van der Waals surface area contributed by atoms with Gasteiger partial charge in [-0.25, -0.2) is 17.3 Å². The first-order valence-corrected chi connectivity index (χ1v) is 16.5. The Bertz CT molecular complexity index is 1690. The second kappa shape index (κ2) is 13.0. The molecule has 1 saturated heterocycles. The van der Waals surface area contributed by atoms with Crippen molar-refractivity contribution in [3.63, 3.8) is 0 Å². The molecule has 0 aromatic heterocycles. The zero-order chi connectivity index (χ0) is 32.4. The number of hydrogen-bond donors (Lipinski definition) is 5. The molecule has 2 aliphatic rings. The first kappa shape index (κ1) is 33.6. The molecule has 3 unspecified atom stereocenters. The van der Waals surface area contributed by atoms with Crippen molar-refractivity contribution in [3.05, 3.63) is 59.7 Å². The van der Waals surface area contributed by atoms with E-state index in [1.165, 1.54) is 0 Å². The number of carbonyl (C=O) groups is 2. The molecular formula is C23H26N2O16S3. The number of ether oxygens (including phenoxy) is 2. The van der Waals surface area contributed by atoms with Crippen LogP contribution in [0.5, 0.6) is 0 Å². The quantitative estimate of drug-likeness (QED) is 0.197. The topological polar surface area (TPSA) is 267 Å². The van der Waals surface area contributed by atoms with Crippen molar-refractivity contribution in [3.8, 4) is 11.1 Å². The molecule has 18 nitrogen and oxygen atoms in total. The molecule has 242 valence electrons. The Morgan fingerprint density at radius 2 is 1.30 bits per heavy atom. The number of fused-ring (bicyclic) bond motifs is 3. The minimum atomic E-state index is -5.43. The highest BCUT2D eigenvalue weighted by atomic mass is 32.3. The fraction of sp³-hybridized carbons (Fsp3) is 0.391. The predicted molar refractivity (Wildman–Crippen MR) is 145 cm³/mol. The SMILES string of the molecule is CC1C(OS(=O)(=O)O)O[C@@H](NC(=O)CNC(=O)OCC2c3ccccc3-c3ccccc32)[C@@H](OS(=O)(=O)O)C1OS(=O)(=O)O. The predicted octanol–water partition coefficient (Wildman–Crippen LogP) is 0.155. The lowest BCUT2D eigenvalue weighted by molar-refractivity contribution is -0.246. The lowest BCUT2D eigenvalue weighted by Crippen LogP contribution is -2.63. The molecule has 21 heteroatoms. The Morgan fingerprint density at radius 3 is 1.82 bits per heavy atom. The first-order chi connectivity index (χ1) is 20.4. The van der Waals surface area contributed by atoms with Crippen LogP contribution in [0.2, 0.25) is 0 Å². The maximum atomic E-state index is 12.6. The number of hydrogen-bond acceptors (Lipinski definition) is 13. The van der Waals surface area contributed by atoms with E-state index < -0.39 is 80.4 Å². The van der Waals surface area contributed by atoms with Gasteiger partial charge in [-0.05, 0) is 22.3 Å². The van der Waals surface area contributed by atoms with Crippen molar-refractivity contribution in [1.29, 1.82) is 0 Å². The number of alkyl carbamates (subject to hydrolysis) is 1. The van der Waals surface area contributed by atoms with E-state index in [2.05, 4.69) is 17.9 Å². The molecule has 0 spiro atoms. The number of rotatable bonds is 11. The Labute approximate surface area is 251 Å². The molecule has 5 N–H and O–H groups in total. The van der Waals surface area contributed by atoms with Crippen molar-refractivity contribution in [2.45, 2.75) is 37.6 Å². The van der Waals surface area contributed by atoms with Crippen LogP contribution in [0.3, 0.4) is 0 Å². The van der Waals surface area contributed by atoms with E-state index in [4.69, 9.17) is 18.6 Å². The fourth-order valence-electron chi connectivity index (χ4n) is 4.86. The van der Waals surface area contributed by atoms with E-state index in [-0.39, 0.29) is 12.5 Å². The third-order valence-corrected chi connectivity index (χ3v) is 7.94. The second-order valence-electron chi connectivity index (χ2n) is 9.53. The van der Waals surface area contributed by atoms with Gasteiger partial charge in [-0.2, -0.15) is 25.3 Å². The summed E-state index contributed by atoms with van der Waals surface area (Å²) in [6, 6.07) is 15.1. The van der Waals surface area contributed by atoms with Crippen LogP contribution < -0.4 is 10.6 Å². The van der Waals surface area contributed by atoms with Crippen LogP contribution in [0, 0.1) is 5.92 Å². The standard InChI is InChI=1S/C23H26N2O16S3/c1-12-19(39-42(28,29)30)20(40-43(31,32)33)21(38-22(12)41-44(34,35)36)25-18(26)10-24-23(27)37-11-17-15-8-4-2-6-13(15)14-7-3-5-9-16(14)17/h2-9,12,17,19-22H,10-11H2,1H3,(H,24,27)(H,25,26)(H,28,29,30)(H,31,32,33)(H,34,35,36)/t12?,19?,20-,21+,22?/m0/s1. The molecule has 4 rings (SSSR count). The van der Waals surface area contributed by atoms with Gasteiger partial charge in [-0.15, -0.1) is 0 Å². The van der Waals surface area contributed by atoms with Gasteiger partial charge < -0.3 is 20.1 Å². The highest BCUT2D eigenvalue weighted by Crippen LogP contribution is 2.44. The molecule has 1 fully saturated rings. The molecule has 0 bridgehead atoms. The molecule has 5 atom stereocenters. The zero-order valence-corrected chi connectivity index (χ0v) is 24.8. The Kier molecular flexibility index (Phi) is 9.94. The largest absolute Gasteiger partial charge is 0.449 e. The molecule has 1 aliphatic carbocycles. The molecular weight excluding hydrogens is 656 g/mol. The summed E-state index contributed by atoms with van der Waals surface area (Å²) in [5, 5.41) is 4.12. The van der Waals surface area contributed by atoms with E-state index in [0.717, 1.165) is 29.2 Å². The number of benzene rings is 2. The number of nitrogens with one attached hydrogen (secondary N) is 2. The molecule has 2 aromatic carbocycles. The van der Waals surface area contributed by atoms with Gasteiger partial charge in [-0.3, -0.25) is 18.5 Å². The summed E-state index contributed by atoms with van der Waals surface area (Å²) in [6.07, 6.45) is -9.86. The molecule has 0 saturated carbocycles. The lowest BCUT2D eigenvalue weighted by atomic mass is 9.95. The van der Waals surface area contributed by atoms with Gasteiger partial charge in [0.25, 0.3) is 0 Å². The third-order valence-electron chi connectivity index (χ3n) is 6.57. The van der Waals surface area contributed by atoms with Crippen LogP contribution in [0.25, 0.3) is 11.1 Å². The monoisotopic (exact) mass is 682 g/mol. The van der Waals surface area contributed by atoms with Gasteiger partial charge >= 0.3 is 37.3 Å². The van der Waals surface area contributed by atoms with Crippen LogP contribution in [0.1, 0.15) is 24.0 Å². The lowest BCUT2D eigenvalue weighted by Gasteiger charge is -2.42. The molecule has 1 aliphatic heterocycles. The van der Waals surface area contributed by atoms with E-state index in [0.29, 0.717) is 0 Å². The van der Waals surface area contributed by atoms with Gasteiger partial charge in [0.15, 0.2) is 18.6 Å². The Balaban J connectivity index is 1.43. The van der Waals surface area contributed by atoms with Gasteiger partial charge in [-0.1, -0.05) is 55.5 Å². The van der Waals surface area contributed by atoms with Crippen LogP contribution in [0.4, 0.5) is 4.79 Å². The van der Waals surface area contributed by atoms with E-state index >= 15 is 0 Å². The summed E-state index contributed by atoms with van der Waals surface area (Å²) >= 11 is 0. The maximum absolute atomic E-state index is 12.6. The van der Waals surface area contributed by atoms with Gasteiger partial charge in [0.1, 0.15) is 19.3 Å². The summed E-state index contributed by atoms with van der Waals surface area (Å²) in [5.41, 5.74) is 3.81. The van der Waals surface area contributed by atoms with Gasteiger partial charge in [0.05, 0.1) is 0 Å². The second-order valence-corrected chi connectivity index (χ2v) is 12.7. The van der Waals surface area contributed by atoms with Crippen LogP contribution in [-0.2, 0) is 58.0 Å². The first-order valence-electron chi connectivity index (χ1n) is 12.4. The van der Waals surface area contributed by atoms with E-state index in [9.17, 15) is 39.4 Å². The maximum Gasteiger partial charge on any atom is 0.407 e. The normalized spacial score (nSPS) is 23.8. The third kappa shape index (κ3) is 8.68. The fourth-order valence-corrected chi connectivity index (χ4v) is 6.38. The average molecular weight is 683 g/mol. The Morgan fingerprint density at radius 1 is 0.795 bits per heavy atom. The summed E-state index contributed by atoms with van der Waals surface area (Å²) in [7, 11) is -16.1. The highest BCUT2D eigenvalue weighted by Gasteiger charge is 2.51. The minimum Gasteiger partial charge on any atom is -0.449 e. The molecule has 44 heavy (non-hydrogen) atoms. The molecule has 1 heterocycles. The Hall–Kier alpha value is -3.25. The molecule has 2 aromatic rings. The van der Waals surface area contributed by atoms with Crippen molar-refractivity contribution >= 4 is 43.2 Å². The summed E-state index contributed by atoms with van der Waals surface area (Å²) in [4.78, 5) is 25.1.